The third-order valence-electron chi connectivity index (χ3n) is 3.97. The van der Waals surface area contributed by atoms with Gasteiger partial charge in [-0.1, -0.05) is 38.8 Å². The summed E-state index contributed by atoms with van der Waals surface area (Å²) in [5.74, 6) is 1.32. The number of benzene rings is 2. The molecule has 0 saturated heterocycles. The first-order valence-electron chi connectivity index (χ1n) is 8.57. The SMILES string of the molecule is CCCc1cc(-c2ccc(OC(C)=O)c(CCC)c2)ccc1OC. The molecule has 2 aromatic rings. The van der Waals surface area contributed by atoms with Crippen molar-refractivity contribution in [3.63, 3.8) is 0 Å². The van der Waals surface area contributed by atoms with Crippen molar-refractivity contribution < 1.29 is 14.3 Å². The molecule has 0 amide bonds. The molecule has 3 nitrogen and oxygen atoms in total. The van der Waals surface area contributed by atoms with Crippen molar-refractivity contribution in [2.45, 2.75) is 46.5 Å². The summed E-state index contributed by atoms with van der Waals surface area (Å²) in [7, 11) is 1.71. The average Bonchev–Trinajstić information content (AvgIpc) is 2.56. The van der Waals surface area contributed by atoms with Crippen LogP contribution in [0.2, 0.25) is 0 Å². The van der Waals surface area contributed by atoms with Crippen LogP contribution in [0, 0.1) is 0 Å². The van der Waals surface area contributed by atoms with Gasteiger partial charge in [0.15, 0.2) is 0 Å². The molecule has 2 aromatic carbocycles. The Hall–Kier alpha value is -2.29. The molecule has 0 unspecified atom stereocenters. The fourth-order valence-electron chi connectivity index (χ4n) is 2.90. The number of aryl methyl sites for hydroxylation is 2. The lowest BCUT2D eigenvalue weighted by Gasteiger charge is -2.13. The van der Waals surface area contributed by atoms with E-state index in [0.29, 0.717) is 5.75 Å². The minimum absolute atomic E-state index is 0.283. The van der Waals surface area contributed by atoms with E-state index in [2.05, 4.69) is 32.0 Å². The van der Waals surface area contributed by atoms with Gasteiger partial charge >= 0.3 is 5.97 Å². The molecule has 0 aliphatic heterocycles. The predicted octanol–water partition coefficient (Wildman–Crippen LogP) is 5.19. The van der Waals surface area contributed by atoms with E-state index in [1.54, 1.807) is 7.11 Å². The van der Waals surface area contributed by atoms with Gasteiger partial charge in [0.05, 0.1) is 7.11 Å². The van der Waals surface area contributed by atoms with Crippen LogP contribution in [0.4, 0.5) is 0 Å². The topological polar surface area (TPSA) is 35.5 Å². The smallest absolute Gasteiger partial charge is 0.308 e. The summed E-state index contributed by atoms with van der Waals surface area (Å²) in [6.07, 6.45) is 3.95. The fraction of sp³-hybridized carbons (Fsp3) is 0.381. The van der Waals surface area contributed by atoms with Crippen LogP contribution in [0.15, 0.2) is 36.4 Å². The van der Waals surface area contributed by atoms with Crippen molar-refractivity contribution in [1.29, 1.82) is 0 Å². The number of esters is 1. The van der Waals surface area contributed by atoms with Crippen LogP contribution >= 0.6 is 0 Å². The minimum atomic E-state index is -0.283. The molecule has 0 atom stereocenters. The Morgan fingerprint density at radius 3 is 1.83 bits per heavy atom. The van der Waals surface area contributed by atoms with Crippen LogP contribution in [-0.2, 0) is 17.6 Å². The van der Waals surface area contributed by atoms with Gasteiger partial charge in [0.1, 0.15) is 11.5 Å². The van der Waals surface area contributed by atoms with Crippen molar-refractivity contribution in [2.75, 3.05) is 7.11 Å². The van der Waals surface area contributed by atoms with E-state index in [0.717, 1.165) is 48.1 Å². The number of ether oxygens (including phenoxy) is 2. The maximum Gasteiger partial charge on any atom is 0.308 e. The summed E-state index contributed by atoms with van der Waals surface area (Å²) < 4.78 is 10.8. The number of hydrogen-bond donors (Lipinski definition) is 0. The maximum atomic E-state index is 11.3. The van der Waals surface area contributed by atoms with Crippen LogP contribution in [0.25, 0.3) is 11.1 Å². The number of rotatable bonds is 7. The Balaban J connectivity index is 2.42. The van der Waals surface area contributed by atoms with E-state index in [1.807, 2.05) is 18.2 Å². The monoisotopic (exact) mass is 326 g/mol. The third-order valence-corrected chi connectivity index (χ3v) is 3.97. The van der Waals surface area contributed by atoms with E-state index < -0.39 is 0 Å². The minimum Gasteiger partial charge on any atom is -0.496 e. The van der Waals surface area contributed by atoms with Gasteiger partial charge in [0.2, 0.25) is 0 Å². The van der Waals surface area contributed by atoms with Gasteiger partial charge in [0, 0.05) is 6.92 Å². The van der Waals surface area contributed by atoms with Gasteiger partial charge < -0.3 is 9.47 Å². The standard InChI is InChI=1S/C21H26O3/c1-5-7-18-13-16(9-11-20(18)23-4)17-10-12-21(24-15(3)22)19(14-17)8-6-2/h9-14H,5-8H2,1-4H3. The molecule has 0 aliphatic rings. The first-order chi connectivity index (χ1) is 11.6. The van der Waals surface area contributed by atoms with E-state index in [-0.39, 0.29) is 5.97 Å². The van der Waals surface area contributed by atoms with Crippen molar-refractivity contribution >= 4 is 5.97 Å². The molecule has 0 bridgehead atoms. The molecule has 0 fully saturated rings. The largest absolute Gasteiger partial charge is 0.496 e. The number of carbonyl (C=O) groups excluding carboxylic acids is 1. The van der Waals surface area contributed by atoms with Crippen molar-refractivity contribution in [2.24, 2.45) is 0 Å². The van der Waals surface area contributed by atoms with E-state index in [1.165, 1.54) is 12.5 Å². The second kappa shape index (κ2) is 8.53. The summed E-state index contributed by atoms with van der Waals surface area (Å²) in [6, 6.07) is 12.3. The molecule has 0 radical (unpaired) electrons. The highest BCUT2D eigenvalue weighted by atomic mass is 16.5. The van der Waals surface area contributed by atoms with Crippen molar-refractivity contribution in [3.8, 4) is 22.6 Å². The lowest BCUT2D eigenvalue weighted by molar-refractivity contribution is -0.131. The Labute approximate surface area is 144 Å². The zero-order valence-electron chi connectivity index (χ0n) is 15.0. The molecule has 0 aromatic heterocycles. The molecule has 0 saturated carbocycles. The maximum absolute atomic E-state index is 11.3. The summed E-state index contributed by atoms with van der Waals surface area (Å²) >= 11 is 0. The third kappa shape index (κ3) is 4.38. The van der Waals surface area contributed by atoms with Crippen molar-refractivity contribution in [1.82, 2.24) is 0 Å². The van der Waals surface area contributed by atoms with Gasteiger partial charge in [-0.25, -0.2) is 0 Å². The first-order valence-corrected chi connectivity index (χ1v) is 8.57. The zero-order chi connectivity index (χ0) is 17.5. The first kappa shape index (κ1) is 18.1. The highest BCUT2D eigenvalue weighted by Crippen LogP contribution is 2.31. The lowest BCUT2D eigenvalue weighted by Crippen LogP contribution is -2.04. The normalized spacial score (nSPS) is 10.5. The Kier molecular flexibility index (Phi) is 6.42. The summed E-state index contributed by atoms with van der Waals surface area (Å²) in [5, 5.41) is 0. The second-order valence-corrected chi connectivity index (χ2v) is 5.94. The van der Waals surface area contributed by atoms with Gasteiger partial charge in [-0.2, -0.15) is 0 Å². The molecular weight excluding hydrogens is 300 g/mol. The molecule has 3 heteroatoms. The van der Waals surface area contributed by atoms with Gasteiger partial charge in [0.25, 0.3) is 0 Å². The average molecular weight is 326 g/mol. The number of methoxy groups -OCH3 is 1. The van der Waals surface area contributed by atoms with E-state index in [9.17, 15) is 4.79 Å². The predicted molar refractivity (Wildman–Crippen MR) is 97.7 cm³/mol. The van der Waals surface area contributed by atoms with Gasteiger partial charge in [-0.3, -0.25) is 4.79 Å². The quantitative estimate of drug-likeness (QED) is 0.518. The van der Waals surface area contributed by atoms with E-state index >= 15 is 0 Å². The summed E-state index contributed by atoms with van der Waals surface area (Å²) in [5.41, 5.74) is 4.58. The number of carbonyl (C=O) groups is 1. The van der Waals surface area contributed by atoms with Crippen LogP contribution in [-0.4, -0.2) is 13.1 Å². The van der Waals surface area contributed by atoms with Crippen LogP contribution in [0.1, 0.15) is 44.7 Å². The molecule has 0 aliphatic carbocycles. The molecule has 0 spiro atoms. The Morgan fingerprint density at radius 1 is 0.875 bits per heavy atom. The lowest BCUT2D eigenvalue weighted by atomic mass is 9.97. The summed E-state index contributed by atoms with van der Waals surface area (Å²) in [6.45, 7) is 5.72. The van der Waals surface area contributed by atoms with Crippen LogP contribution < -0.4 is 9.47 Å². The zero-order valence-corrected chi connectivity index (χ0v) is 15.0. The summed E-state index contributed by atoms with van der Waals surface area (Å²) in [4.78, 5) is 11.3. The Bertz CT molecular complexity index is 704. The van der Waals surface area contributed by atoms with Gasteiger partial charge in [-0.15, -0.1) is 0 Å². The van der Waals surface area contributed by atoms with Crippen LogP contribution in [0.3, 0.4) is 0 Å². The second-order valence-electron chi connectivity index (χ2n) is 5.94. The van der Waals surface area contributed by atoms with Crippen molar-refractivity contribution in [3.05, 3.63) is 47.5 Å². The molecule has 2 rings (SSSR count). The molecule has 128 valence electrons. The highest BCUT2D eigenvalue weighted by molar-refractivity contribution is 5.72. The van der Waals surface area contributed by atoms with E-state index in [4.69, 9.17) is 9.47 Å². The van der Waals surface area contributed by atoms with Crippen LogP contribution in [0.5, 0.6) is 11.5 Å². The fourth-order valence-corrected chi connectivity index (χ4v) is 2.90. The number of hydrogen-bond acceptors (Lipinski definition) is 3. The molecule has 24 heavy (non-hydrogen) atoms. The molecular formula is C21H26O3. The Morgan fingerprint density at radius 2 is 1.38 bits per heavy atom. The molecule has 0 N–H and O–H groups in total. The molecule has 0 heterocycles. The van der Waals surface area contributed by atoms with Gasteiger partial charge in [-0.05, 0) is 59.4 Å². The highest BCUT2D eigenvalue weighted by Gasteiger charge is 2.10.